The van der Waals surface area contributed by atoms with Crippen molar-refractivity contribution in [3.05, 3.63) is 0 Å². The summed E-state index contributed by atoms with van der Waals surface area (Å²) in [7, 11) is 0. The normalized spacial score (nSPS) is 30.6. The fourth-order valence-electron chi connectivity index (χ4n) is 2.42. The summed E-state index contributed by atoms with van der Waals surface area (Å²) in [5.41, 5.74) is 0. The molecular formula is C12H20N2O2S. The lowest BCUT2D eigenvalue weighted by Gasteiger charge is -2.33. The lowest BCUT2D eigenvalue weighted by Crippen LogP contribution is -2.51. The minimum absolute atomic E-state index is 0.0124. The lowest BCUT2D eigenvalue weighted by atomic mass is 10.00. The van der Waals surface area contributed by atoms with Crippen LogP contribution in [0.25, 0.3) is 0 Å². The predicted molar refractivity (Wildman–Crippen MR) is 68.9 cm³/mol. The number of hydrogen-bond acceptors (Lipinski definition) is 3. The second kappa shape index (κ2) is 5.76. The zero-order chi connectivity index (χ0) is 12.3. The smallest absolute Gasteiger partial charge is 0.246 e. The third kappa shape index (κ3) is 3.37. The summed E-state index contributed by atoms with van der Waals surface area (Å²) in [6.45, 7) is 3.87. The summed E-state index contributed by atoms with van der Waals surface area (Å²) in [5, 5.41) is 2.84. The molecule has 96 valence electrons. The Morgan fingerprint density at radius 2 is 2.35 bits per heavy atom. The van der Waals surface area contributed by atoms with E-state index in [2.05, 4.69) is 12.2 Å². The van der Waals surface area contributed by atoms with E-state index < -0.39 is 0 Å². The van der Waals surface area contributed by atoms with E-state index in [0.717, 1.165) is 31.0 Å². The Balaban J connectivity index is 1.95. The zero-order valence-corrected chi connectivity index (χ0v) is 11.1. The number of hydrogen-bond donors (Lipinski definition) is 1. The van der Waals surface area contributed by atoms with Gasteiger partial charge in [0, 0.05) is 31.0 Å². The molecule has 0 bridgehead atoms. The van der Waals surface area contributed by atoms with Crippen LogP contribution in [0.1, 0.15) is 26.2 Å². The summed E-state index contributed by atoms with van der Waals surface area (Å²) in [4.78, 5) is 25.7. The molecule has 2 fully saturated rings. The van der Waals surface area contributed by atoms with Crippen molar-refractivity contribution in [2.75, 3.05) is 24.6 Å². The van der Waals surface area contributed by atoms with Crippen LogP contribution >= 0.6 is 11.8 Å². The molecule has 0 aromatic rings. The fraction of sp³-hybridized carbons (Fsp3) is 0.833. The van der Waals surface area contributed by atoms with Gasteiger partial charge in [-0.15, -0.1) is 0 Å². The topological polar surface area (TPSA) is 49.4 Å². The molecular weight excluding hydrogens is 236 g/mol. The molecule has 2 saturated heterocycles. The molecule has 0 unspecified atom stereocenters. The van der Waals surface area contributed by atoms with E-state index in [1.165, 1.54) is 6.42 Å². The zero-order valence-electron chi connectivity index (χ0n) is 10.3. The van der Waals surface area contributed by atoms with Gasteiger partial charge in [-0.05, 0) is 18.8 Å². The van der Waals surface area contributed by atoms with Gasteiger partial charge in [0.2, 0.25) is 11.8 Å². The lowest BCUT2D eigenvalue weighted by molar-refractivity contribution is -0.137. The van der Waals surface area contributed by atoms with E-state index in [9.17, 15) is 9.59 Å². The quantitative estimate of drug-likeness (QED) is 0.757. The maximum absolute atomic E-state index is 12.3. The van der Waals surface area contributed by atoms with Crippen molar-refractivity contribution in [2.24, 2.45) is 5.92 Å². The van der Waals surface area contributed by atoms with Crippen molar-refractivity contribution in [1.29, 1.82) is 0 Å². The first-order valence-corrected chi connectivity index (χ1v) is 7.48. The molecule has 2 amide bonds. The Morgan fingerprint density at radius 1 is 1.53 bits per heavy atom. The van der Waals surface area contributed by atoms with Crippen LogP contribution in [-0.2, 0) is 9.59 Å². The third-order valence-electron chi connectivity index (χ3n) is 3.36. The number of nitrogens with zero attached hydrogens (tertiary/aromatic N) is 1. The highest BCUT2D eigenvalue weighted by Gasteiger charge is 2.29. The van der Waals surface area contributed by atoms with E-state index in [1.807, 2.05) is 4.90 Å². The highest BCUT2D eigenvalue weighted by molar-refractivity contribution is 7.99. The van der Waals surface area contributed by atoms with Gasteiger partial charge in [-0.25, -0.2) is 0 Å². The minimum Gasteiger partial charge on any atom is -0.343 e. The molecule has 17 heavy (non-hydrogen) atoms. The number of thioether (sulfide) groups is 1. The van der Waals surface area contributed by atoms with Gasteiger partial charge in [-0.1, -0.05) is 6.92 Å². The van der Waals surface area contributed by atoms with Crippen LogP contribution in [0.2, 0.25) is 0 Å². The molecule has 4 nitrogen and oxygen atoms in total. The first kappa shape index (κ1) is 12.7. The first-order valence-electron chi connectivity index (χ1n) is 6.32. The molecule has 0 radical (unpaired) electrons. The fourth-order valence-corrected chi connectivity index (χ4v) is 3.38. The Bertz CT molecular complexity index is 309. The molecule has 0 aliphatic carbocycles. The number of likely N-dealkylation sites (tertiary alicyclic amines) is 1. The van der Waals surface area contributed by atoms with Gasteiger partial charge in [0.05, 0.1) is 0 Å². The monoisotopic (exact) mass is 256 g/mol. The summed E-state index contributed by atoms with van der Waals surface area (Å²) in [6.07, 6.45) is 2.82. The average molecular weight is 256 g/mol. The Hall–Kier alpha value is -0.710. The van der Waals surface area contributed by atoms with Crippen LogP contribution in [0.3, 0.4) is 0 Å². The maximum atomic E-state index is 12.3. The molecule has 0 saturated carbocycles. The van der Waals surface area contributed by atoms with E-state index in [-0.39, 0.29) is 17.9 Å². The molecule has 1 N–H and O–H groups in total. The standard InChI is InChI=1S/C12H20N2O2S/c1-9-3-2-5-14(7-9)12(16)10-8-17-6-4-11(15)13-10/h9-10H,2-8H2,1H3,(H,13,15)/t9-,10-/m0/s1. The molecule has 0 aromatic carbocycles. The second-order valence-corrected chi connectivity index (χ2v) is 6.13. The number of amides is 2. The predicted octanol–water partition coefficient (Wildman–Crippen LogP) is 0.867. The summed E-state index contributed by atoms with van der Waals surface area (Å²) in [5.74, 6) is 2.25. The second-order valence-electron chi connectivity index (χ2n) is 4.98. The highest BCUT2D eigenvalue weighted by Crippen LogP contribution is 2.18. The van der Waals surface area contributed by atoms with Crippen LogP contribution in [0.5, 0.6) is 0 Å². The Labute approximate surface area is 106 Å². The van der Waals surface area contributed by atoms with Crippen molar-refractivity contribution < 1.29 is 9.59 Å². The van der Waals surface area contributed by atoms with Gasteiger partial charge >= 0.3 is 0 Å². The highest BCUT2D eigenvalue weighted by atomic mass is 32.2. The van der Waals surface area contributed by atoms with Crippen LogP contribution in [0, 0.1) is 5.92 Å². The molecule has 2 rings (SSSR count). The van der Waals surface area contributed by atoms with Gasteiger partial charge in [0.1, 0.15) is 6.04 Å². The molecule has 2 atom stereocenters. The van der Waals surface area contributed by atoms with Crippen molar-refractivity contribution in [3.8, 4) is 0 Å². The molecule has 2 heterocycles. The van der Waals surface area contributed by atoms with E-state index in [4.69, 9.17) is 0 Å². The van der Waals surface area contributed by atoms with E-state index >= 15 is 0 Å². The SMILES string of the molecule is C[C@H]1CCCN(C(=O)[C@@H]2CSCCC(=O)N2)C1. The number of carbonyl (C=O) groups excluding carboxylic acids is 2. The van der Waals surface area contributed by atoms with Gasteiger partial charge in [-0.2, -0.15) is 11.8 Å². The number of rotatable bonds is 1. The van der Waals surface area contributed by atoms with Gasteiger partial charge in [-0.3, -0.25) is 9.59 Å². The Morgan fingerprint density at radius 3 is 3.12 bits per heavy atom. The van der Waals surface area contributed by atoms with Crippen LogP contribution in [0.15, 0.2) is 0 Å². The van der Waals surface area contributed by atoms with E-state index in [0.29, 0.717) is 12.3 Å². The minimum atomic E-state index is -0.305. The maximum Gasteiger partial charge on any atom is 0.246 e. The Kier molecular flexibility index (Phi) is 4.31. The molecule has 0 aromatic heterocycles. The van der Waals surface area contributed by atoms with E-state index in [1.54, 1.807) is 11.8 Å². The van der Waals surface area contributed by atoms with Crippen molar-refractivity contribution in [1.82, 2.24) is 10.2 Å². The van der Waals surface area contributed by atoms with Crippen LogP contribution in [0.4, 0.5) is 0 Å². The largest absolute Gasteiger partial charge is 0.343 e. The molecule has 2 aliphatic heterocycles. The first-order chi connectivity index (χ1) is 8.16. The molecule has 2 aliphatic rings. The third-order valence-corrected chi connectivity index (χ3v) is 4.42. The average Bonchev–Trinajstić information content (AvgIpc) is 2.53. The van der Waals surface area contributed by atoms with Crippen molar-refractivity contribution in [2.45, 2.75) is 32.2 Å². The summed E-state index contributed by atoms with van der Waals surface area (Å²) in [6, 6.07) is -0.305. The van der Waals surface area contributed by atoms with Gasteiger partial charge in [0.15, 0.2) is 0 Å². The van der Waals surface area contributed by atoms with Crippen molar-refractivity contribution in [3.63, 3.8) is 0 Å². The van der Waals surface area contributed by atoms with Crippen molar-refractivity contribution >= 4 is 23.6 Å². The number of piperidine rings is 1. The van der Waals surface area contributed by atoms with Crippen LogP contribution in [-0.4, -0.2) is 47.4 Å². The van der Waals surface area contributed by atoms with Gasteiger partial charge in [0.25, 0.3) is 0 Å². The molecule has 5 heteroatoms. The van der Waals surface area contributed by atoms with Gasteiger partial charge < -0.3 is 10.2 Å². The summed E-state index contributed by atoms with van der Waals surface area (Å²) < 4.78 is 0. The number of carbonyl (C=O) groups is 2. The van der Waals surface area contributed by atoms with Crippen LogP contribution < -0.4 is 5.32 Å². The molecule has 0 spiro atoms. The number of nitrogens with one attached hydrogen (secondary N) is 1. The summed E-state index contributed by atoms with van der Waals surface area (Å²) >= 11 is 1.69.